The van der Waals surface area contributed by atoms with Gasteiger partial charge >= 0.3 is 0 Å². The highest BCUT2D eigenvalue weighted by atomic mass is 16.5. The summed E-state index contributed by atoms with van der Waals surface area (Å²) in [4.78, 5) is 0. The number of hydrogen-bond acceptors (Lipinski definition) is 3. The van der Waals surface area contributed by atoms with Crippen LogP contribution in [0.5, 0.6) is 0 Å². The van der Waals surface area contributed by atoms with E-state index in [2.05, 4.69) is 13.0 Å². The van der Waals surface area contributed by atoms with Gasteiger partial charge in [0, 0.05) is 23.4 Å². The molecular formula is C14H18N2O. The lowest BCUT2D eigenvalue weighted by Gasteiger charge is -2.18. The Balaban J connectivity index is 2.39. The maximum atomic E-state index is 6.00. The molecule has 17 heavy (non-hydrogen) atoms. The van der Waals surface area contributed by atoms with Crippen molar-refractivity contribution in [3.8, 4) is 0 Å². The molecule has 1 aromatic rings. The number of anilines is 2. The standard InChI is InChI=1S/C14H18N2O/c1-9-7-10(3-6-14(9)17-2)12-5-4-11(15)8-13(12)16/h4-5,7-8H,3,6,15-16H2,1-2H3. The summed E-state index contributed by atoms with van der Waals surface area (Å²) in [5, 5.41) is 0. The second kappa shape index (κ2) is 4.53. The summed E-state index contributed by atoms with van der Waals surface area (Å²) in [6.07, 6.45) is 4.02. The van der Waals surface area contributed by atoms with E-state index in [1.807, 2.05) is 12.1 Å². The molecule has 0 aliphatic heterocycles. The van der Waals surface area contributed by atoms with Gasteiger partial charge in [-0.25, -0.2) is 0 Å². The summed E-state index contributed by atoms with van der Waals surface area (Å²) in [7, 11) is 1.72. The molecule has 0 radical (unpaired) electrons. The van der Waals surface area contributed by atoms with E-state index in [-0.39, 0.29) is 0 Å². The van der Waals surface area contributed by atoms with Crippen molar-refractivity contribution in [2.24, 2.45) is 0 Å². The Kier molecular flexibility index (Phi) is 3.09. The number of benzene rings is 1. The fraction of sp³-hybridized carbons (Fsp3) is 0.286. The highest BCUT2D eigenvalue weighted by Gasteiger charge is 2.14. The molecule has 0 heterocycles. The summed E-state index contributed by atoms with van der Waals surface area (Å²) >= 11 is 0. The minimum Gasteiger partial charge on any atom is -0.501 e. The van der Waals surface area contributed by atoms with Crippen molar-refractivity contribution >= 4 is 16.9 Å². The number of rotatable bonds is 2. The van der Waals surface area contributed by atoms with E-state index in [1.165, 1.54) is 11.1 Å². The van der Waals surface area contributed by atoms with Crippen molar-refractivity contribution in [2.45, 2.75) is 19.8 Å². The molecule has 4 N–H and O–H groups in total. The molecule has 1 aliphatic carbocycles. The molecule has 2 rings (SSSR count). The molecule has 1 aliphatic rings. The normalized spacial score (nSPS) is 15.8. The van der Waals surface area contributed by atoms with Crippen LogP contribution >= 0.6 is 0 Å². The van der Waals surface area contributed by atoms with Gasteiger partial charge in [-0.2, -0.15) is 0 Å². The largest absolute Gasteiger partial charge is 0.501 e. The molecule has 90 valence electrons. The van der Waals surface area contributed by atoms with Crippen LogP contribution in [0.15, 0.2) is 35.6 Å². The van der Waals surface area contributed by atoms with Gasteiger partial charge in [-0.3, -0.25) is 0 Å². The second-order valence-corrected chi connectivity index (χ2v) is 4.33. The van der Waals surface area contributed by atoms with E-state index < -0.39 is 0 Å². The minimum atomic E-state index is 0.701. The molecule has 0 spiro atoms. The molecule has 0 atom stereocenters. The average molecular weight is 230 g/mol. The predicted octanol–water partition coefficient (Wildman–Crippen LogP) is 2.95. The van der Waals surface area contributed by atoms with E-state index in [4.69, 9.17) is 16.2 Å². The van der Waals surface area contributed by atoms with Gasteiger partial charge in [-0.05, 0) is 36.6 Å². The lowest BCUT2D eigenvalue weighted by Crippen LogP contribution is -2.02. The Bertz CT molecular complexity index is 501. The number of nitrogen functional groups attached to an aromatic ring is 2. The van der Waals surface area contributed by atoms with Crippen LogP contribution in [0.1, 0.15) is 25.3 Å². The third-order valence-corrected chi connectivity index (χ3v) is 3.12. The topological polar surface area (TPSA) is 61.3 Å². The van der Waals surface area contributed by atoms with Crippen LogP contribution in [0.4, 0.5) is 11.4 Å². The van der Waals surface area contributed by atoms with Crippen LogP contribution < -0.4 is 11.5 Å². The number of hydrogen-bond donors (Lipinski definition) is 2. The molecule has 1 aromatic carbocycles. The summed E-state index contributed by atoms with van der Waals surface area (Å²) in [6.45, 7) is 2.06. The molecule has 0 saturated carbocycles. The monoisotopic (exact) mass is 230 g/mol. The van der Waals surface area contributed by atoms with Crippen LogP contribution in [-0.2, 0) is 4.74 Å². The third kappa shape index (κ3) is 2.28. The van der Waals surface area contributed by atoms with Crippen LogP contribution in [0.3, 0.4) is 0 Å². The first-order chi connectivity index (χ1) is 8.11. The Morgan fingerprint density at radius 1 is 1.18 bits per heavy atom. The first-order valence-corrected chi connectivity index (χ1v) is 5.71. The zero-order valence-electron chi connectivity index (χ0n) is 10.3. The van der Waals surface area contributed by atoms with Crippen LogP contribution in [0.2, 0.25) is 0 Å². The number of nitrogens with two attached hydrogens (primary N) is 2. The number of ether oxygens (including phenoxy) is 1. The zero-order chi connectivity index (χ0) is 12.4. The lowest BCUT2D eigenvalue weighted by atomic mass is 9.92. The van der Waals surface area contributed by atoms with Crippen molar-refractivity contribution in [1.29, 1.82) is 0 Å². The third-order valence-electron chi connectivity index (χ3n) is 3.12. The van der Waals surface area contributed by atoms with E-state index in [9.17, 15) is 0 Å². The molecule has 0 unspecified atom stereocenters. The van der Waals surface area contributed by atoms with E-state index >= 15 is 0 Å². The predicted molar refractivity (Wildman–Crippen MR) is 72.2 cm³/mol. The van der Waals surface area contributed by atoms with Crippen LogP contribution in [0.25, 0.3) is 5.57 Å². The van der Waals surface area contributed by atoms with Crippen molar-refractivity contribution in [3.05, 3.63) is 41.2 Å². The maximum absolute atomic E-state index is 6.00. The van der Waals surface area contributed by atoms with Crippen LogP contribution in [-0.4, -0.2) is 7.11 Å². The van der Waals surface area contributed by atoms with Gasteiger partial charge in [0.2, 0.25) is 0 Å². The first kappa shape index (κ1) is 11.6. The first-order valence-electron chi connectivity index (χ1n) is 5.71. The molecule has 0 bridgehead atoms. The summed E-state index contributed by atoms with van der Waals surface area (Å²) in [5.74, 6) is 1.06. The van der Waals surface area contributed by atoms with Gasteiger partial charge in [0.25, 0.3) is 0 Å². The maximum Gasteiger partial charge on any atom is 0.0987 e. The summed E-state index contributed by atoms with van der Waals surface area (Å²) < 4.78 is 5.32. The average Bonchev–Trinajstić information content (AvgIpc) is 2.29. The van der Waals surface area contributed by atoms with E-state index in [0.717, 1.165) is 29.9 Å². The SMILES string of the molecule is COC1=C(C)C=C(c2ccc(N)cc2N)CC1. The van der Waals surface area contributed by atoms with E-state index in [0.29, 0.717) is 5.69 Å². The minimum absolute atomic E-state index is 0.701. The van der Waals surface area contributed by atoms with Gasteiger partial charge in [-0.15, -0.1) is 0 Å². The summed E-state index contributed by atoms with van der Waals surface area (Å²) in [5.41, 5.74) is 16.6. The molecular weight excluding hydrogens is 212 g/mol. The Labute approximate surface area is 102 Å². The van der Waals surface area contributed by atoms with Crippen LogP contribution in [0, 0.1) is 0 Å². The second-order valence-electron chi connectivity index (χ2n) is 4.33. The van der Waals surface area contributed by atoms with Crippen molar-refractivity contribution in [2.75, 3.05) is 18.6 Å². The number of methoxy groups -OCH3 is 1. The summed E-state index contributed by atoms with van der Waals surface area (Å²) in [6, 6.07) is 5.68. The van der Waals surface area contributed by atoms with Gasteiger partial charge < -0.3 is 16.2 Å². The van der Waals surface area contributed by atoms with Gasteiger partial charge in [0.1, 0.15) is 0 Å². The van der Waals surface area contributed by atoms with Crippen molar-refractivity contribution in [3.63, 3.8) is 0 Å². The Morgan fingerprint density at radius 2 is 1.94 bits per heavy atom. The molecule has 0 amide bonds. The highest BCUT2D eigenvalue weighted by Crippen LogP contribution is 2.33. The molecule has 3 nitrogen and oxygen atoms in total. The lowest BCUT2D eigenvalue weighted by molar-refractivity contribution is 0.273. The molecule has 0 saturated heterocycles. The highest BCUT2D eigenvalue weighted by molar-refractivity contribution is 5.79. The van der Waals surface area contributed by atoms with Gasteiger partial charge in [-0.1, -0.05) is 12.1 Å². The van der Waals surface area contributed by atoms with Gasteiger partial charge in [0.05, 0.1) is 12.9 Å². The Morgan fingerprint density at radius 3 is 2.53 bits per heavy atom. The zero-order valence-corrected chi connectivity index (χ0v) is 10.3. The van der Waals surface area contributed by atoms with Gasteiger partial charge in [0.15, 0.2) is 0 Å². The van der Waals surface area contributed by atoms with Crippen molar-refractivity contribution < 1.29 is 4.74 Å². The number of allylic oxidation sites excluding steroid dienone is 4. The Hall–Kier alpha value is -1.90. The smallest absolute Gasteiger partial charge is 0.0987 e. The quantitative estimate of drug-likeness (QED) is 0.768. The molecule has 0 aromatic heterocycles. The van der Waals surface area contributed by atoms with E-state index in [1.54, 1.807) is 13.2 Å². The fourth-order valence-corrected chi connectivity index (χ4v) is 2.21. The fourth-order valence-electron chi connectivity index (χ4n) is 2.21. The molecule has 3 heteroatoms. The molecule has 0 fully saturated rings. The van der Waals surface area contributed by atoms with Crippen molar-refractivity contribution in [1.82, 2.24) is 0 Å².